The van der Waals surface area contributed by atoms with Gasteiger partial charge in [0.25, 0.3) is 5.91 Å². The number of hydrogen-bond donors (Lipinski definition) is 2. The van der Waals surface area contributed by atoms with Crippen molar-refractivity contribution in [3.05, 3.63) is 77.1 Å². The topological polar surface area (TPSA) is 66.9 Å². The van der Waals surface area contributed by atoms with Gasteiger partial charge in [-0.15, -0.1) is 0 Å². The Morgan fingerprint density at radius 1 is 1.04 bits per heavy atom. The molecule has 0 aliphatic carbocycles. The quantitative estimate of drug-likeness (QED) is 0.738. The molecule has 1 heterocycles. The lowest BCUT2D eigenvalue weighted by Crippen LogP contribution is -2.13. The van der Waals surface area contributed by atoms with Crippen molar-refractivity contribution in [3.63, 3.8) is 0 Å². The van der Waals surface area contributed by atoms with Crippen LogP contribution in [0.2, 0.25) is 5.02 Å². The first-order valence-electron chi connectivity index (χ1n) is 7.33. The SMILES string of the molecule is Cc1ccc(Cl)cc1NC(=O)c1cccc(Nc2ncccn2)c1. The summed E-state index contributed by atoms with van der Waals surface area (Å²) in [6.07, 6.45) is 3.29. The maximum absolute atomic E-state index is 12.5. The molecule has 0 unspecified atom stereocenters. The Kier molecular flexibility index (Phi) is 4.72. The highest BCUT2D eigenvalue weighted by atomic mass is 35.5. The molecule has 2 aromatic carbocycles. The van der Waals surface area contributed by atoms with Crippen LogP contribution >= 0.6 is 11.6 Å². The molecular formula is C18H15ClN4O. The summed E-state index contributed by atoms with van der Waals surface area (Å²) in [5, 5.41) is 6.51. The van der Waals surface area contributed by atoms with Gasteiger partial charge in [-0.05, 0) is 48.9 Å². The summed E-state index contributed by atoms with van der Waals surface area (Å²) in [6, 6.07) is 14.2. The van der Waals surface area contributed by atoms with Crippen molar-refractivity contribution < 1.29 is 4.79 Å². The van der Waals surface area contributed by atoms with E-state index in [0.717, 1.165) is 11.3 Å². The van der Waals surface area contributed by atoms with Crippen LogP contribution < -0.4 is 10.6 Å². The molecule has 0 atom stereocenters. The van der Waals surface area contributed by atoms with Gasteiger partial charge in [-0.1, -0.05) is 23.7 Å². The summed E-state index contributed by atoms with van der Waals surface area (Å²) in [5.74, 6) is 0.263. The Morgan fingerprint density at radius 2 is 1.83 bits per heavy atom. The molecule has 3 aromatic rings. The largest absolute Gasteiger partial charge is 0.324 e. The van der Waals surface area contributed by atoms with E-state index >= 15 is 0 Å². The van der Waals surface area contributed by atoms with Gasteiger partial charge in [0.15, 0.2) is 0 Å². The van der Waals surface area contributed by atoms with Crippen molar-refractivity contribution in [3.8, 4) is 0 Å². The Balaban J connectivity index is 1.78. The minimum atomic E-state index is -0.210. The number of nitrogens with zero attached hydrogens (tertiary/aromatic N) is 2. The molecule has 1 aromatic heterocycles. The van der Waals surface area contributed by atoms with E-state index in [1.54, 1.807) is 48.8 Å². The van der Waals surface area contributed by atoms with Crippen LogP contribution in [-0.4, -0.2) is 15.9 Å². The molecule has 0 aliphatic rings. The monoisotopic (exact) mass is 338 g/mol. The second-order valence-corrected chi connectivity index (χ2v) is 5.63. The third-order valence-corrected chi connectivity index (χ3v) is 3.63. The highest BCUT2D eigenvalue weighted by Crippen LogP contribution is 2.21. The van der Waals surface area contributed by atoms with Crippen LogP contribution in [0.5, 0.6) is 0 Å². The molecule has 0 saturated heterocycles. The summed E-state index contributed by atoms with van der Waals surface area (Å²) in [7, 11) is 0. The molecule has 0 aliphatic heterocycles. The van der Waals surface area contributed by atoms with Crippen LogP contribution in [0, 0.1) is 6.92 Å². The molecule has 2 N–H and O–H groups in total. The molecule has 120 valence electrons. The number of rotatable bonds is 4. The standard InChI is InChI=1S/C18H15ClN4O/c1-12-6-7-14(19)11-16(12)23-17(24)13-4-2-5-15(10-13)22-18-20-8-3-9-21-18/h2-11H,1H3,(H,23,24)(H,20,21,22). The summed E-state index contributed by atoms with van der Waals surface area (Å²) < 4.78 is 0. The van der Waals surface area contributed by atoms with Crippen LogP contribution in [0.3, 0.4) is 0 Å². The van der Waals surface area contributed by atoms with Gasteiger partial charge < -0.3 is 10.6 Å². The van der Waals surface area contributed by atoms with Crippen molar-refractivity contribution >= 4 is 34.8 Å². The fraction of sp³-hybridized carbons (Fsp3) is 0.0556. The van der Waals surface area contributed by atoms with E-state index in [2.05, 4.69) is 20.6 Å². The first kappa shape index (κ1) is 16.0. The van der Waals surface area contributed by atoms with Gasteiger partial charge in [0, 0.05) is 34.4 Å². The second-order valence-electron chi connectivity index (χ2n) is 5.19. The maximum Gasteiger partial charge on any atom is 0.255 e. The van der Waals surface area contributed by atoms with E-state index in [1.807, 2.05) is 19.1 Å². The molecule has 1 amide bonds. The molecule has 0 bridgehead atoms. The normalized spacial score (nSPS) is 10.2. The van der Waals surface area contributed by atoms with Gasteiger partial charge in [-0.2, -0.15) is 0 Å². The Hall–Kier alpha value is -2.92. The van der Waals surface area contributed by atoms with E-state index in [1.165, 1.54) is 0 Å². The zero-order chi connectivity index (χ0) is 16.9. The number of amides is 1. The number of aryl methyl sites for hydroxylation is 1. The molecule has 0 fully saturated rings. The van der Waals surface area contributed by atoms with Crippen molar-refractivity contribution in [1.82, 2.24) is 9.97 Å². The predicted molar refractivity (Wildman–Crippen MR) is 95.9 cm³/mol. The molecule has 24 heavy (non-hydrogen) atoms. The van der Waals surface area contributed by atoms with Crippen molar-refractivity contribution in [2.24, 2.45) is 0 Å². The lowest BCUT2D eigenvalue weighted by molar-refractivity contribution is 0.102. The average molecular weight is 339 g/mol. The number of anilines is 3. The van der Waals surface area contributed by atoms with Crippen LogP contribution in [0.15, 0.2) is 60.9 Å². The van der Waals surface area contributed by atoms with Crippen LogP contribution in [0.25, 0.3) is 0 Å². The zero-order valence-corrected chi connectivity index (χ0v) is 13.7. The fourth-order valence-corrected chi connectivity index (χ4v) is 2.33. The van der Waals surface area contributed by atoms with Crippen LogP contribution in [-0.2, 0) is 0 Å². The third-order valence-electron chi connectivity index (χ3n) is 3.39. The van der Waals surface area contributed by atoms with E-state index in [0.29, 0.717) is 22.2 Å². The van der Waals surface area contributed by atoms with Gasteiger partial charge in [0.1, 0.15) is 0 Å². The van der Waals surface area contributed by atoms with E-state index < -0.39 is 0 Å². The molecule has 0 saturated carbocycles. The highest BCUT2D eigenvalue weighted by Gasteiger charge is 2.09. The lowest BCUT2D eigenvalue weighted by Gasteiger charge is -2.10. The minimum absolute atomic E-state index is 0.210. The van der Waals surface area contributed by atoms with E-state index in [-0.39, 0.29) is 5.91 Å². The minimum Gasteiger partial charge on any atom is -0.324 e. The fourth-order valence-electron chi connectivity index (χ4n) is 2.15. The maximum atomic E-state index is 12.5. The van der Waals surface area contributed by atoms with Gasteiger partial charge in [0.2, 0.25) is 5.95 Å². The summed E-state index contributed by atoms with van der Waals surface area (Å²) in [4.78, 5) is 20.7. The highest BCUT2D eigenvalue weighted by molar-refractivity contribution is 6.31. The Bertz CT molecular complexity index is 868. The predicted octanol–water partition coefficient (Wildman–Crippen LogP) is 4.43. The molecular weight excluding hydrogens is 324 g/mol. The number of hydrogen-bond acceptors (Lipinski definition) is 4. The number of carbonyl (C=O) groups is 1. The smallest absolute Gasteiger partial charge is 0.255 e. The zero-order valence-electron chi connectivity index (χ0n) is 13.0. The van der Waals surface area contributed by atoms with Gasteiger partial charge in [-0.3, -0.25) is 4.79 Å². The summed E-state index contributed by atoms with van der Waals surface area (Å²) >= 11 is 5.99. The Morgan fingerprint density at radius 3 is 2.62 bits per heavy atom. The first-order valence-corrected chi connectivity index (χ1v) is 7.71. The van der Waals surface area contributed by atoms with Crippen molar-refractivity contribution in [2.45, 2.75) is 6.92 Å². The molecule has 0 radical (unpaired) electrons. The van der Waals surface area contributed by atoms with Crippen LogP contribution in [0.4, 0.5) is 17.3 Å². The summed E-state index contributed by atoms with van der Waals surface area (Å²) in [6.45, 7) is 1.91. The Labute approximate surface area is 144 Å². The first-order chi connectivity index (χ1) is 11.6. The number of aromatic nitrogens is 2. The number of benzene rings is 2. The molecule has 3 rings (SSSR count). The van der Waals surface area contributed by atoms with Gasteiger partial charge in [-0.25, -0.2) is 9.97 Å². The summed E-state index contributed by atoms with van der Waals surface area (Å²) in [5.41, 5.74) is 2.89. The van der Waals surface area contributed by atoms with Gasteiger partial charge in [0.05, 0.1) is 0 Å². The van der Waals surface area contributed by atoms with E-state index in [4.69, 9.17) is 11.6 Å². The number of halogens is 1. The molecule has 6 heteroatoms. The number of carbonyl (C=O) groups excluding carboxylic acids is 1. The van der Waals surface area contributed by atoms with Crippen molar-refractivity contribution in [1.29, 1.82) is 0 Å². The molecule has 0 spiro atoms. The third kappa shape index (κ3) is 3.88. The number of nitrogens with one attached hydrogen (secondary N) is 2. The van der Waals surface area contributed by atoms with Crippen molar-refractivity contribution in [2.75, 3.05) is 10.6 Å². The van der Waals surface area contributed by atoms with E-state index in [9.17, 15) is 4.79 Å². The lowest BCUT2D eigenvalue weighted by atomic mass is 10.1. The second kappa shape index (κ2) is 7.10. The molecule has 5 nitrogen and oxygen atoms in total. The average Bonchev–Trinajstić information content (AvgIpc) is 2.59. The van der Waals surface area contributed by atoms with Crippen LogP contribution in [0.1, 0.15) is 15.9 Å². The van der Waals surface area contributed by atoms with Gasteiger partial charge >= 0.3 is 0 Å².